The number of ether oxygens (including phenoxy) is 2. The van der Waals surface area contributed by atoms with Crippen molar-refractivity contribution in [3.63, 3.8) is 0 Å². The van der Waals surface area contributed by atoms with E-state index in [4.69, 9.17) is 16.3 Å². The highest BCUT2D eigenvalue weighted by Crippen LogP contribution is 2.23. The Kier molecular flexibility index (Phi) is 4.36. The molecule has 0 aliphatic rings. The maximum Gasteiger partial charge on any atom is 0.343 e. The number of methoxy groups -OCH3 is 1. The molecule has 0 radical (unpaired) electrons. The highest BCUT2D eigenvalue weighted by molar-refractivity contribution is 6.29. The van der Waals surface area contributed by atoms with E-state index < -0.39 is 5.97 Å². The van der Waals surface area contributed by atoms with Gasteiger partial charge in [-0.15, -0.1) is 0 Å². The van der Waals surface area contributed by atoms with Crippen molar-refractivity contribution in [1.29, 1.82) is 0 Å². The summed E-state index contributed by atoms with van der Waals surface area (Å²) in [5, 5.41) is 0.260. The van der Waals surface area contributed by atoms with Crippen molar-refractivity contribution in [3.8, 4) is 5.75 Å². The van der Waals surface area contributed by atoms with E-state index in [1.165, 1.54) is 19.4 Å². The topological polar surface area (TPSA) is 48.4 Å². The minimum absolute atomic E-state index is 0.253. The van der Waals surface area contributed by atoms with Crippen LogP contribution in [-0.4, -0.2) is 18.1 Å². The van der Waals surface area contributed by atoms with Crippen molar-refractivity contribution in [2.75, 3.05) is 7.11 Å². The lowest BCUT2D eigenvalue weighted by atomic mass is 10.2. The molecule has 98 valence electrons. The van der Waals surface area contributed by atoms with E-state index in [1.54, 1.807) is 0 Å². The number of hydrogen-bond acceptors (Lipinski definition) is 4. The van der Waals surface area contributed by atoms with Crippen LogP contribution in [0.3, 0.4) is 0 Å². The van der Waals surface area contributed by atoms with Crippen LogP contribution in [0.5, 0.6) is 5.75 Å². The Hall–Kier alpha value is -2.07. The predicted octanol–water partition coefficient (Wildman–Crippen LogP) is 3.10. The number of aromatic nitrogens is 1. The average Bonchev–Trinajstić information content (AvgIpc) is 2.45. The third kappa shape index (κ3) is 3.45. The van der Waals surface area contributed by atoms with E-state index in [9.17, 15) is 4.79 Å². The van der Waals surface area contributed by atoms with Gasteiger partial charge >= 0.3 is 5.97 Å². The summed E-state index contributed by atoms with van der Waals surface area (Å²) in [7, 11) is 1.30. The molecule has 0 amide bonds. The Labute approximate surface area is 115 Å². The van der Waals surface area contributed by atoms with Gasteiger partial charge in [-0.3, -0.25) is 0 Å². The van der Waals surface area contributed by atoms with Crippen LogP contribution in [-0.2, 0) is 11.3 Å². The molecule has 1 aromatic carbocycles. The van der Waals surface area contributed by atoms with E-state index in [0.29, 0.717) is 12.4 Å². The zero-order chi connectivity index (χ0) is 13.7. The van der Waals surface area contributed by atoms with Crippen LogP contribution in [0.15, 0.2) is 42.6 Å². The van der Waals surface area contributed by atoms with Crippen LogP contribution in [0, 0.1) is 0 Å². The molecule has 2 aromatic rings. The number of pyridine rings is 1. The summed E-state index contributed by atoms with van der Waals surface area (Å²) in [6.45, 7) is 0.338. The lowest BCUT2D eigenvalue weighted by molar-refractivity contribution is 0.0595. The molecule has 0 unspecified atom stereocenters. The van der Waals surface area contributed by atoms with Crippen molar-refractivity contribution < 1.29 is 14.3 Å². The Morgan fingerprint density at radius 3 is 2.74 bits per heavy atom. The molecule has 4 nitrogen and oxygen atoms in total. The number of carbonyl (C=O) groups is 1. The summed E-state index contributed by atoms with van der Waals surface area (Å²) < 4.78 is 10.3. The molecule has 0 saturated carbocycles. The van der Waals surface area contributed by atoms with Crippen LogP contribution >= 0.6 is 11.6 Å². The molecule has 0 fully saturated rings. The molecule has 5 heteroatoms. The second-order valence-electron chi connectivity index (χ2n) is 3.77. The van der Waals surface area contributed by atoms with E-state index in [0.717, 1.165) is 5.56 Å². The van der Waals surface area contributed by atoms with Crippen LogP contribution < -0.4 is 4.74 Å². The summed E-state index contributed by atoms with van der Waals surface area (Å²) in [6.07, 6.45) is 1.34. The van der Waals surface area contributed by atoms with Gasteiger partial charge in [-0.2, -0.15) is 0 Å². The first kappa shape index (κ1) is 13.4. The number of hydrogen-bond donors (Lipinski definition) is 0. The van der Waals surface area contributed by atoms with Crippen molar-refractivity contribution in [2.24, 2.45) is 0 Å². The monoisotopic (exact) mass is 277 g/mol. The van der Waals surface area contributed by atoms with E-state index in [-0.39, 0.29) is 10.7 Å². The normalized spacial score (nSPS) is 10.0. The number of halogens is 1. The van der Waals surface area contributed by atoms with E-state index >= 15 is 0 Å². The Balaban J connectivity index is 2.19. The minimum atomic E-state index is -0.507. The van der Waals surface area contributed by atoms with Gasteiger partial charge in [0.25, 0.3) is 0 Å². The standard InChI is InChI=1S/C14H12ClNO3/c1-18-14(17)11-8-16-13(15)7-12(11)19-9-10-5-3-2-4-6-10/h2-8H,9H2,1H3. The fraction of sp³-hybridized carbons (Fsp3) is 0.143. The molecule has 0 aliphatic heterocycles. The Morgan fingerprint density at radius 2 is 2.05 bits per heavy atom. The van der Waals surface area contributed by atoms with E-state index in [2.05, 4.69) is 9.72 Å². The van der Waals surface area contributed by atoms with Gasteiger partial charge in [0.15, 0.2) is 0 Å². The smallest absolute Gasteiger partial charge is 0.343 e. The fourth-order valence-corrected chi connectivity index (χ4v) is 1.68. The SMILES string of the molecule is COC(=O)c1cnc(Cl)cc1OCc1ccccc1. The molecule has 2 rings (SSSR count). The maximum absolute atomic E-state index is 11.6. The summed E-state index contributed by atoms with van der Waals surface area (Å²) >= 11 is 5.80. The predicted molar refractivity (Wildman–Crippen MR) is 71.4 cm³/mol. The van der Waals surface area contributed by atoms with Gasteiger partial charge < -0.3 is 9.47 Å². The zero-order valence-corrected chi connectivity index (χ0v) is 11.1. The fourth-order valence-electron chi connectivity index (χ4n) is 1.53. The zero-order valence-electron chi connectivity index (χ0n) is 10.3. The number of carbonyl (C=O) groups excluding carboxylic acids is 1. The second-order valence-corrected chi connectivity index (χ2v) is 4.16. The molecule has 19 heavy (non-hydrogen) atoms. The van der Waals surface area contributed by atoms with Gasteiger partial charge in [0.1, 0.15) is 23.1 Å². The van der Waals surface area contributed by atoms with Crippen LogP contribution in [0.1, 0.15) is 15.9 Å². The quantitative estimate of drug-likeness (QED) is 0.636. The van der Waals surface area contributed by atoms with Gasteiger partial charge in [0.05, 0.1) is 7.11 Å². The molecule has 1 heterocycles. The molecule has 1 aromatic heterocycles. The van der Waals surface area contributed by atoms with Crippen LogP contribution in [0.25, 0.3) is 0 Å². The minimum Gasteiger partial charge on any atom is -0.488 e. The lowest BCUT2D eigenvalue weighted by Gasteiger charge is -2.10. The Bertz CT molecular complexity index is 572. The number of rotatable bonds is 4. The van der Waals surface area contributed by atoms with Gasteiger partial charge in [0, 0.05) is 12.3 Å². The molecule has 0 saturated heterocycles. The number of esters is 1. The first-order valence-electron chi connectivity index (χ1n) is 5.61. The highest BCUT2D eigenvalue weighted by Gasteiger charge is 2.14. The van der Waals surface area contributed by atoms with Crippen molar-refractivity contribution in [3.05, 3.63) is 58.9 Å². The van der Waals surface area contributed by atoms with Crippen molar-refractivity contribution >= 4 is 17.6 Å². The first-order valence-corrected chi connectivity index (χ1v) is 5.99. The highest BCUT2D eigenvalue weighted by atomic mass is 35.5. The number of nitrogens with zero attached hydrogens (tertiary/aromatic N) is 1. The second kappa shape index (κ2) is 6.20. The number of benzene rings is 1. The summed E-state index contributed by atoms with van der Waals surface area (Å²) in [5.41, 5.74) is 1.24. The Morgan fingerprint density at radius 1 is 1.32 bits per heavy atom. The average molecular weight is 278 g/mol. The molecule has 0 bridgehead atoms. The largest absolute Gasteiger partial charge is 0.488 e. The maximum atomic E-state index is 11.6. The summed E-state index contributed by atoms with van der Waals surface area (Å²) in [5.74, 6) is -0.150. The molecular weight excluding hydrogens is 266 g/mol. The van der Waals surface area contributed by atoms with Crippen LogP contribution in [0.2, 0.25) is 5.15 Å². The summed E-state index contributed by atoms with van der Waals surface area (Å²) in [4.78, 5) is 15.4. The van der Waals surface area contributed by atoms with Crippen LogP contribution in [0.4, 0.5) is 0 Å². The van der Waals surface area contributed by atoms with Gasteiger partial charge in [-0.1, -0.05) is 41.9 Å². The molecule has 0 atom stereocenters. The molecule has 0 spiro atoms. The third-order valence-electron chi connectivity index (χ3n) is 2.48. The van der Waals surface area contributed by atoms with Gasteiger partial charge in [-0.25, -0.2) is 9.78 Å². The third-order valence-corrected chi connectivity index (χ3v) is 2.68. The first-order chi connectivity index (χ1) is 9.20. The lowest BCUT2D eigenvalue weighted by Crippen LogP contribution is -2.06. The van der Waals surface area contributed by atoms with Gasteiger partial charge in [0.2, 0.25) is 0 Å². The molecule has 0 aliphatic carbocycles. The van der Waals surface area contributed by atoms with E-state index in [1.807, 2.05) is 30.3 Å². The van der Waals surface area contributed by atoms with Gasteiger partial charge in [-0.05, 0) is 5.56 Å². The molecular formula is C14H12ClNO3. The van der Waals surface area contributed by atoms with Crippen molar-refractivity contribution in [1.82, 2.24) is 4.98 Å². The summed E-state index contributed by atoms with van der Waals surface area (Å²) in [6, 6.07) is 11.1. The molecule has 0 N–H and O–H groups in total. The van der Waals surface area contributed by atoms with Crippen molar-refractivity contribution in [2.45, 2.75) is 6.61 Å².